The molecule has 1 aliphatic carbocycles. The van der Waals surface area contributed by atoms with Gasteiger partial charge < -0.3 is 14.6 Å². The standard InChI is InChI=1S/C14H25N3O2/c1-5-11(15-3)12-16-13(17-19-12)14(18-4)8-6-7-10(2)9-14/h10-11,15H,5-9H2,1-4H3. The molecule has 1 N–H and O–H groups in total. The van der Waals surface area contributed by atoms with E-state index < -0.39 is 0 Å². The zero-order valence-electron chi connectivity index (χ0n) is 12.4. The monoisotopic (exact) mass is 267 g/mol. The van der Waals surface area contributed by atoms with Crippen LogP contribution in [0.3, 0.4) is 0 Å². The molecular formula is C14H25N3O2. The summed E-state index contributed by atoms with van der Waals surface area (Å²) in [4.78, 5) is 4.59. The van der Waals surface area contributed by atoms with Gasteiger partial charge in [-0.05, 0) is 38.6 Å². The fourth-order valence-corrected chi connectivity index (χ4v) is 3.05. The van der Waals surface area contributed by atoms with Crippen molar-refractivity contribution in [1.29, 1.82) is 0 Å². The number of nitrogens with one attached hydrogen (secondary N) is 1. The molecule has 3 unspecified atom stereocenters. The molecule has 2 rings (SSSR count). The Morgan fingerprint density at radius 1 is 1.58 bits per heavy atom. The van der Waals surface area contributed by atoms with Gasteiger partial charge >= 0.3 is 0 Å². The highest BCUT2D eigenvalue weighted by molar-refractivity contribution is 5.05. The van der Waals surface area contributed by atoms with E-state index >= 15 is 0 Å². The van der Waals surface area contributed by atoms with Crippen molar-refractivity contribution < 1.29 is 9.26 Å². The van der Waals surface area contributed by atoms with Crippen molar-refractivity contribution in [2.75, 3.05) is 14.2 Å². The summed E-state index contributed by atoms with van der Waals surface area (Å²) in [6.07, 6.45) is 5.28. The van der Waals surface area contributed by atoms with Gasteiger partial charge in [-0.2, -0.15) is 4.98 Å². The highest BCUT2D eigenvalue weighted by Crippen LogP contribution is 2.41. The Bertz CT molecular complexity index is 403. The highest BCUT2D eigenvalue weighted by atomic mass is 16.5. The van der Waals surface area contributed by atoms with Crippen molar-refractivity contribution in [3.8, 4) is 0 Å². The predicted molar refractivity (Wildman–Crippen MR) is 72.7 cm³/mol. The lowest BCUT2D eigenvalue weighted by molar-refractivity contribution is -0.0658. The molecule has 1 aromatic heterocycles. The molecule has 0 aromatic carbocycles. The average Bonchev–Trinajstić information content (AvgIpc) is 2.90. The van der Waals surface area contributed by atoms with Crippen LogP contribution in [0, 0.1) is 5.92 Å². The third kappa shape index (κ3) is 2.82. The molecule has 0 spiro atoms. The highest BCUT2D eigenvalue weighted by Gasteiger charge is 2.41. The van der Waals surface area contributed by atoms with E-state index in [-0.39, 0.29) is 11.6 Å². The predicted octanol–water partition coefficient (Wildman–Crippen LogP) is 2.79. The third-order valence-electron chi connectivity index (χ3n) is 4.25. The van der Waals surface area contributed by atoms with Crippen LogP contribution >= 0.6 is 0 Å². The van der Waals surface area contributed by atoms with Crippen LogP contribution < -0.4 is 5.32 Å². The Kier molecular flexibility index (Phi) is 4.58. The number of hydrogen-bond acceptors (Lipinski definition) is 5. The third-order valence-corrected chi connectivity index (χ3v) is 4.25. The molecule has 1 aromatic rings. The van der Waals surface area contributed by atoms with E-state index in [4.69, 9.17) is 9.26 Å². The van der Waals surface area contributed by atoms with Gasteiger partial charge in [0, 0.05) is 7.11 Å². The van der Waals surface area contributed by atoms with E-state index in [1.807, 2.05) is 7.05 Å². The minimum Gasteiger partial charge on any atom is -0.370 e. The molecule has 1 fully saturated rings. The first kappa shape index (κ1) is 14.5. The quantitative estimate of drug-likeness (QED) is 0.889. The Balaban J connectivity index is 2.24. The van der Waals surface area contributed by atoms with Gasteiger partial charge in [0.05, 0.1) is 6.04 Å². The molecule has 19 heavy (non-hydrogen) atoms. The Morgan fingerprint density at radius 3 is 2.95 bits per heavy atom. The Morgan fingerprint density at radius 2 is 2.37 bits per heavy atom. The summed E-state index contributed by atoms with van der Waals surface area (Å²) < 4.78 is 11.2. The zero-order chi connectivity index (χ0) is 13.9. The molecule has 1 saturated carbocycles. The van der Waals surface area contributed by atoms with Crippen molar-refractivity contribution in [2.24, 2.45) is 5.92 Å². The van der Waals surface area contributed by atoms with Crippen molar-refractivity contribution in [1.82, 2.24) is 15.5 Å². The molecule has 0 radical (unpaired) electrons. The first-order valence-corrected chi connectivity index (χ1v) is 7.21. The van der Waals surface area contributed by atoms with Crippen molar-refractivity contribution in [2.45, 2.75) is 57.6 Å². The van der Waals surface area contributed by atoms with Gasteiger partial charge in [-0.25, -0.2) is 0 Å². The fourth-order valence-electron chi connectivity index (χ4n) is 3.05. The maximum absolute atomic E-state index is 5.79. The second-order valence-electron chi connectivity index (χ2n) is 5.61. The lowest BCUT2D eigenvalue weighted by atomic mass is 9.78. The minimum absolute atomic E-state index is 0.121. The molecule has 0 saturated heterocycles. The molecule has 1 heterocycles. The van der Waals surface area contributed by atoms with Gasteiger partial charge in [0.15, 0.2) is 0 Å². The molecule has 5 heteroatoms. The SMILES string of the molecule is CCC(NC)c1nc(C2(OC)CCCC(C)C2)no1. The van der Waals surface area contributed by atoms with Crippen LogP contribution in [0.2, 0.25) is 0 Å². The van der Waals surface area contributed by atoms with Crippen molar-refractivity contribution in [3.63, 3.8) is 0 Å². The van der Waals surface area contributed by atoms with E-state index in [0.717, 1.165) is 25.7 Å². The maximum atomic E-state index is 5.79. The minimum atomic E-state index is -0.356. The summed E-state index contributed by atoms with van der Waals surface area (Å²) in [5, 5.41) is 7.37. The Hall–Kier alpha value is -0.940. The molecule has 5 nitrogen and oxygen atoms in total. The van der Waals surface area contributed by atoms with Gasteiger partial charge in [-0.15, -0.1) is 0 Å². The number of aromatic nitrogens is 2. The number of methoxy groups -OCH3 is 1. The molecule has 1 aliphatic rings. The summed E-state index contributed by atoms with van der Waals surface area (Å²) in [6.45, 7) is 4.36. The van der Waals surface area contributed by atoms with Crippen LogP contribution in [0.1, 0.15) is 63.7 Å². The van der Waals surface area contributed by atoms with Crippen LogP contribution in [-0.4, -0.2) is 24.3 Å². The first-order chi connectivity index (χ1) is 9.15. The van der Waals surface area contributed by atoms with E-state index in [0.29, 0.717) is 17.6 Å². The first-order valence-electron chi connectivity index (χ1n) is 7.21. The molecule has 0 amide bonds. The van der Waals surface area contributed by atoms with Gasteiger partial charge in [0.1, 0.15) is 5.60 Å². The topological polar surface area (TPSA) is 60.2 Å². The largest absolute Gasteiger partial charge is 0.370 e. The molecule has 108 valence electrons. The van der Waals surface area contributed by atoms with Gasteiger partial charge in [-0.1, -0.05) is 25.4 Å². The van der Waals surface area contributed by atoms with Gasteiger partial charge in [-0.3, -0.25) is 0 Å². The van der Waals surface area contributed by atoms with Crippen LogP contribution in [0.5, 0.6) is 0 Å². The number of nitrogens with zero attached hydrogens (tertiary/aromatic N) is 2. The van der Waals surface area contributed by atoms with Crippen molar-refractivity contribution in [3.05, 3.63) is 11.7 Å². The smallest absolute Gasteiger partial charge is 0.243 e. The molecule has 3 atom stereocenters. The molecule has 0 bridgehead atoms. The van der Waals surface area contributed by atoms with E-state index in [1.54, 1.807) is 7.11 Å². The number of rotatable bonds is 5. The van der Waals surface area contributed by atoms with E-state index in [9.17, 15) is 0 Å². The zero-order valence-corrected chi connectivity index (χ0v) is 12.4. The Labute approximate surface area is 115 Å². The maximum Gasteiger partial charge on any atom is 0.243 e. The van der Waals surface area contributed by atoms with Gasteiger partial charge in [0.2, 0.25) is 11.7 Å². The normalized spacial score (nSPS) is 29.4. The second-order valence-corrected chi connectivity index (χ2v) is 5.61. The van der Waals surface area contributed by atoms with Crippen LogP contribution in [0.25, 0.3) is 0 Å². The van der Waals surface area contributed by atoms with Crippen LogP contribution in [0.4, 0.5) is 0 Å². The van der Waals surface area contributed by atoms with Gasteiger partial charge in [0.25, 0.3) is 0 Å². The summed E-state index contributed by atoms with van der Waals surface area (Å²) in [5.74, 6) is 2.02. The average molecular weight is 267 g/mol. The molecule has 0 aliphatic heterocycles. The van der Waals surface area contributed by atoms with E-state index in [1.165, 1.54) is 6.42 Å². The number of hydrogen-bond donors (Lipinski definition) is 1. The van der Waals surface area contributed by atoms with E-state index in [2.05, 4.69) is 29.3 Å². The van der Waals surface area contributed by atoms with Crippen molar-refractivity contribution >= 4 is 0 Å². The van der Waals surface area contributed by atoms with Crippen LogP contribution in [0.15, 0.2) is 4.52 Å². The fraction of sp³-hybridized carbons (Fsp3) is 0.857. The lowest BCUT2D eigenvalue weighted by Gasteiger charge is -2.36. The molecular weight excluding hydrogens is 242 g/mol. The summed E-state index contributed by atoms with van der Waals surface area (Å²) >= 11 is 0. The summed E-state index contributed by atoms with van der Waals surface area (Å²) in [5.41, 5.74) is -0.356. The lowest BCUT2D eigenvalue weighted by Crippen LogP contribution is -2.35. The number of ether oxygens (including phenoxy) is 1. The van der Waals surface area contributed by atoms with Crippen LogP contribution in [-0.2, 0) is 10.3 Å². The second kappa shape index (κ2) is 6.01. The summed E-state index contributed by atoms with van der Waals surface area (Å²) in [7, 11) is 3.66. The summed E-state index contributed by atoms with van der Waals surface area (Å²) in [6, 6.07) is 0.121.